The monoisotopic (exact) mass is 251 g/mol. The Morgan fingerprint density at radius 1 is 1.26 bits per heavy atom. The van der Waals surface area contributed by atoms with E-state index < -0.39 is 0 Å². The first-order valence-corrected chi connectivity index (χ1v) is 6.22. The molecule has 1 aromatic carbocycles. The largest absolute Gasteiger partial charge is 0.493 e. The molecule has 19 heavy (non-hydrogen) atoms. The average molecular weight is 251 g/mol. The molecule has 4 nitrogen and oxygen atoms in total. The lowest BCUT2D eigenvalue weighted by Gasteiger charge is -2.27. The van der Waals surface area contributed by atoms with Crippen LogP contribution in [0.2, 0.25) is 0 Å². The molecule has 1 atom stereocenters. The van der Waals surface area contributed by atoms with Crippen LogP contribution in [0.25, 0.3) is 0 Å². The van der Waals surface area contributed by atoms with Crippen molar-refractivity contribution in [3.8, 4) is 11.8 Å². The number of hydrogen-bond donors (Lipinski definition) is 1. The molecule has 0 spiro atoms. The molecule has 0 radical (unpaired) electrons. The predicted molar refractivity (Wildman–Crippen MR) is 71.9 cm³/mol. The van der Waals surface area contributed by atoms with E-state index in [1.165, 1.54) is 0 Å². The Bertz CT molecular complexity index is 633. The van der Waals surface area contributed by atoms with Crippen LogP contribution >= 0.6 is 0 Å². The molecule has 1 N–H and O–H groups in total. The molecule has 0 aliphatic carbocycles. The third kappa shape index (κ3) is 2.23. The number of pyridine rings is 1. The Morgan fingerprint density at radius 3 is 3.05 bits per heavy atom. The quantitative estimate of drug-likeness (QED) is 0.891. The van der Waals surface area contributed by atoms with Crippen molar-refractivity contribution in [2.24, 2.45) is 0 Å². The lowest BCUT2D eigenvalue weighted by molar-refractivity contribution is 0.274. The number of ether oxygens (including phenoxy) is 1. The zero-order valence-corrected chi connectivity index (χ0v) is 10.3. The molecule has 0 unspecified atom stereocenters. The minimum absolute atomic E-state index is 0.131. The van der Waals surface area contributed by atoms with Gasteiger partial charge in [0.1, 0.15) is 17.6 Å². The molecule has 2 aromatic rings. The Hall–Kier alpha value is -2.54. The normalized spacial score (nSPS) is 16.9. The molecule has 1 aliphatic rings. The minimum Gasteiger partial charge on any atom is -0.493 e. The lowest BCUT2D eigenvalue weighted by Crippen LogP contribution is -2.21. The Kier molecular flexibility index (Phi) is 3.03. The molecule has 0 amide bonds. The van der Waals surface area contributed by atoms with Gasteiger partial charge in [-0.15, -0.1) is 0 Å². The summed E-state index contributed by atoms with van der Waals surface area (Å²) in [5.41, 5.74) is 1.68. The van der Waals surface area contributed by atoms with Crippen LogP contribution in [0.3, 0.4) is 0 Å². The van der Waals surface area contributed by atoms with Gasteiger partial charge in [0, 0.05) is 18.2 Å². The highest BCUT2D eigenvalue weighted by atomic mass is 16.5. The summed E-state index contributed by atoms with van der Waals surface area (Å²) < 4.78 is 5.62. The van der Waals surface area contributed by atoms with Gasteiger partial charge in [-0.3, -0.25) is 0 Å². The topological polar surface area (TPSA) is 57.9 Å². The molecule has 3 rings (SSSR count). The van der Waals surface area contributed by atoms with E-state index in [0.717, 1.165) is 17.7 Å². The minimum atomic E-state index is 0.131. The van der Waals surface area contributed by atoms with Crippen LogP contribution in [0.5, 0.6) is 5.75 Å². The molecule has 0 saturated carbocycles. The highest BCUT2D eigenvalue weighted by Crippen LogP contribution is 2.34. The molecule has 0 fully saturated rings. The molecule has 4 heteroatoms. The number of nitrogens with zero attached hydrogens (tertiary/aromatic N) is 2. The molecule has 0 saturated heterocycles. The van der Waals surface area contributed by atoms with Crippen molar-refractivity contribution >= 4 is 5.82 Å². The van der Waals surface area contributed by atoms with Gasteiger partial charge in [-0.2, -0.15) is 5.26 Å². The molecular formula is C15H13N3O. The smallest absolute Gasteiger partial charge is 0.144 e. The fraction of sp³-hybridized carbons (Fsp3) is 0.200. The van der Waals surface area contributed by atoms with Gasteiger partial charge in [0.15, 0.2) is 0 Å². The van der Waals surface area contributed by atoms with E-state index >= 15 is 0 Å². The SMILES string of the molecule is N#Cc1cccnc1N[C@H]1CCOc2ccccc21. The van der Waals surface area contributed by atoms with Gasteiger partial charge in [-0.25, -0.2) is 4.98 Å². The standard InChI is InChI=1S/C15H13N3O/c16-10-11-4-3-8-17-15(11)18-13-7-9-19-14-6-2-1-5-12(13)14/h1-6,8,13H,7,9H2,(H,17,18)/t13-/m0/s1. The third-order valence-electron chi connectivity index (χ3n) is 3.20. The summed E-state index contributed by atoms with van der Waals surface area (Å²) in [5.74, 6) is 1.53. The molecular weight excluding hydrogens is 238 g/mol. The zero-order chi connectivity index (χ0) is 13.1. The molecule has 1 aromatic heterocycles. The first-order valence-electron chi connectivity index (χ1n) is 6.22. The number of nitriles is 1. The van der Waals surface area contributed by atoms with Crippen molar-refractivity contribution in [2.45, 2.75) is 12.5 Å². The number of nitrogens with one attached hydrogen (secondary N) is 1. The van der Waals surface area contributed by atoms with E-state index in [1.54, 1.807) is 18.3 Å². The summed E-state index contributed by atoms with van der Waals surface area (Å²) in [6.07, 6.45) is 2.55. The Balaban J connectivity index is 1.91. The third-order valence-corrected chi connectivity index (χ3v) is 3.20. The molecule has 2 heterocycles. The second kappa shape index (κ2) is 4.99. The second-order valence-corrected chi connectivity index (χ2v) is 4.38. The first kappa shape index (κ1) is 11.5. The fourth-order valence-corrected chi connectivity index (χ4v) is 2.27. The number of fused-ring (bicyclic) bond motifs is 1. The summed E-state index contributed by atoms with van der Waals surface area (Å²) in [6, 6.07) is 13.8. The molecule has 0 bridgehead atoms. The number of rotatable bonds is 2. The summed E-state index contributed by atoms with van der Waals surface area (Å²) >= 11 is 0. The maximum atomic E-state index is 9.09. The lowest BCUT2D eigenvalue weighted by atomic mass is 10.0. The predicted octanol–water partition coefficient (Wildman–Crippen LogP) is 2.89. The molecule has 94 valence electrons. The number of aromatic nitrogens is 1. The Morgan fingerprint density at radius 2 is 2.16 bits per heavy atom. The highest BCUT2D eigenvalue weighted by molar-refractivity contribution is 5.53. The van der Waals surface area contributed by atoms with Gasteiger partial charge in [0.2, 0.25) is 0 Å². The van der Waals surface area contributed by atoms with Gasteiger partial charge in [-0.1, -0.05) is 18.2 Å². The van der Waals surface area contributed by atoms with Gasteiger partial charge >= 0.3 is 0 Å². The molecule has 1 aliphatic heterocycles. The van der Waals surface area contributed by atoms with E-state index in [-0.39, 0.29) is 6.04 Å². The van der Waals surface area contributed by atoms with Gasteiger partial charge in [0.25, 0.3) is 0 Å². The summed E-state index contributed by atoms with van der Waals surface area (Å²) in [4.78, 5) is 4.24. The van der Waals surface area contributed by atoms with E-state index in [4.69, 9.17) is 10.00 Å². The summed E-state index contributed by atoms with van der Waals surface area (Å²) in [6.45, 7) is 0.670. The van der Waals surface area contributed by atoms with Crippen LogP contribution in [0.1, 0.15) is 23.6 Å². The van der Waals surface area contributed by atoms with Crippen molar-refractivity contribution in [3.05, 3.63) is 53.7 Å². The number of hydrogen-bond acceptors (Lipinski definition) is 4. The average Bonchev–Trinajstić information content (AvgIpc) is 2.48. The van der Waals surface area contributed by atoms with Gasteiger partial charge in [-0.05, 0) is 18.2 Å². The number of para-hydroxylation sites is 1. The van der Waals surface area contributed by atoms with Crippen LogP contribution < -0.4 is 10.1 Å². The van der Waals surface area contributed by atoms with Crippen LogP contribution in [0.4, 0.5) is 5.82 Å². The van der Waals surface area contributed by atoms with Crippen molar-refractivity contribution in [2.75, 3.05) is 11.9 Å². The number of anilines is 1. The maximum Gasteiger partial charge on any atom is 0.144 e. The first-order chi connectivity index (χ1) is 9.38. The number of benzene rings is 1. The van der Waals surface area contributed by atoms with Crippen LogP contribution in [-0.2, 0) is 0 Å². The zero-order valence-electron chi connectivity index (χ0n) is 10.3. The van der Waals surface area contributed by atoms with Crippen molar-refractivity contribution < 1.29 is 4.74 Å². The van der Waals surface area contributed by atoms with E-state index in [2.05, 4.69) is 16.4 Å². The summed E-state index contributed by atoms with van der Waals surface area (Å²) in [5, 5.41) is 12.4. The van der Waals surface area contributed by atoms with Crippen molar-refractivity contribution in [1.82, 2.24) is 4.98 Å². The van der Waals surface area contributed by atoms with Gasteiger partial charge < -0.3 is 10.1 Å². The second-order valence-electron chi connectivity index (χ2n) is 4.38. The van der Waals surface area contributed by atoms with E-state index in [1.807, 2.05) is 24.3 Å². The van der Waals surface area contributed by atoms with Crippen molar-refractivity contribution in [1.29, 1.82) is 5.26 Å². The van der Waals surface area contributed by atoms with E-state index in [9.17, 15) is 0 Å². The fourth-order valence-electron chi connectivity index (χ4n) is 2.27. The van der Waals surface area contributed by atoms with E-state index in [0.29, 0.717) is 18.0 Å². The van der Waals surface area contributed by atoms with Crippen molar-refractivity contribution in [3.63, 3.8) is 0 Å². The van der Waals surface area contributed by atoms with Crippen LogP contribution in [-0.4, -0.2) is 11.6 Å². The van der Waals surface area contributed by atoms with Gasteiger partial charge in [0.05, 0.1) is 18.2 Å². The van der Waals surface area contributed by atoms with Crippen LogP contribution in [0, 0.1) is 11.3 Å². The summed E-state index contributed by atoms with van der Waals surface area (Å²) in [7, 11) is 0. The highest BCUT2D eigenvalue weighted by Gasteiger charge is 2.21. The maximum absolute atomic E-state index is 9.09. The Labute approximate surface area is 111 Å². The van der Waals surface area contributed by atoms with Crippen LogP contribution in [0.15, 0.2) is 42.6 Å².